The van der Waals surface area contributed by atoms with Crippen LogP contribution in [0.15, 0.2) is 11.3 Å². The molecule has 0 aliphatic rings. The second-order valence-corrected chi connectivity index (χ2v) is 3.51. The van der Waals surface area contributed by atoms with E-state index in [1.54, 1.807) is 0 Å². The van der Waals surface area contributed by atoms with Crippen LogP contribution in [0.4, 0.5) is 5.00 Å². The van der Waals surface area contributed by atoms with E-state index in [9.17, 15) is 10.1 Å². The maximum atomic E-state index is 10.3. The molecule has 0 saturated heterocycles. The molecule has 1 heterocycles. The summed E-state index contributed by atoms with van der Waals surface area (Å²) < 4.78 is 0. The Morgan fingerprint density at radius 3 is 3.14 bits per heavy atom. The van der Waals surface area contributed by atoms with Crippen LogP contribution in [0, 0.1) is 10.1 Å². The third-order valence-corrected chi connectivity index (χ3v) is 2.02. The van der Waals surface area contributed by atoms with Crippen LogP contribution in [0.3, 0.4) is 0 Å². The average molecular weight is 231 g/mol. The fourth-order valence-corrected chi connectivity index (χ4v) is 1.23. The van der Waals surface area contributed by atoms with Gasteiger partial charge < -0.3 is 5.73 Å². The van der Waals surface area contributed by atoms with Crippen molar-refractivity contribution < 1.29 is 4.92 Å². The van der Waals surface area contributed by atoms with Crippen LogP contribution >= 0.6 is 23.6 Å². The van der Waals surface area contributed by atoms with Crippen molar-refractivity contribution in [1.29, 1.82) is 0 Å². The van der Waals surface area contributed by atoms with E-state index in [4.69, 9.17) is 5.73 Å². The van der Waals surface area contributed by atoms with E-state index in [2.05, 4.69) is 27.7 Å². The predicted octanol–water partition coefficient (Wildman–Crippen LogP) is 0.218. The number of thiocarbonyl (C=S) groups is 1. The summed E-state index contributed by atoms with van der Waals surface area (Å²) in [5.41, 5.74) is 7.40. The Kier molecular flexibility index (Phi) is 3.42. The first kappa shape index (κ1) is 10.5. The van der Waals surface area contributed by atoms with E-state index in [-0.39, 0.29) is 10.1 Å². The second kappa shape index (κ2) is 4.58. The monoisotopic (exact) mass is 231 g/mol. The van der Waals surface area contributed by atoms with Gasteiger partial charge in [-0.1, -0.05) is 0 Å². The molecule has 0 aliphatic heterocycles. The van der Waals surface area contributed by atoms with Gasteiger partial charge >= 0.3 is 5.00 Å². The van der Waals surface area contributed by atoms with Gasteiger partial charge in [-0.05, 0) is 23.6 Å². The Hall–Kier alpha value is -1.61. The van der Waals surface area contributed by atoms with Crippen molar-refractivity contribution in [3.63, 3.8) is 0 Å². The molecule has 9 heteroatoms. The number of thiazole rings is 1. The number of nitrogens with one attached hydrogen (secondary N) is 1. The third-order valence-electron chi connectivity index (χ3n) is 1.04. The summed E-state index contributed by atoms with van der Waals surface area (Å²) in [5.74, 6) is 0. The Morgan fingerprint density at radius 2 is 2.64 bits per heavy atom. The van der Waals surface area contributed by atoms with Crippen molar-refractivity contribution in [3.8, 4) is 0 Å². The van der Waals surface area contributed by atoms with Crippen molar-refractivity contribution in [3.05, 3.63) is 21.3 Å². The SMILES string of the molecule is NC(=S)NN=Cc1ncc([N+](=O)[O-])s1. The number of nitro groups is 1. The van der Waals surface area contributed by atoms with Crippen LogP contribution in [0.2, 0.25) is 0 Å². The van der Waals surface area contributed by atoms with Crippen LogP contribution in [-0.2, 0) is 0 Å². The normalized spacial score (nSPS) is 10.3. The summed E-state index contributed by atoms with van der Waals surface area (Å²) in [6.07, 6.45) is 2.46. The van der Waals surface area contributed by atoms with E-state index >= 15 is 0 Å². The van der Waals surface area contributed by atoms with E-state index in [1.165, 1.54) is 6.21 Å². The average Bonchev–Trinajstić information content (AvgIpc) is 2.52. The molecule has 0 aliphatic carbocycles. The molecule has 0 radical (unpaired) electrons. The molecule has 1 aromatic rings. The highest BCUT2D eigenvalue weighted by Gasteiger charge is 2.09. The van der Waals surface area contributed by atoms with E-state index in [0.29, 0.717) is 5.01 Å². The van der Waals surface area contributed by atoms with Crippen LogP contribution in [0.5, 0.6) is 0 Å². The Morgan fingerprint density at radius 1 is 1.93 bits per heavy atom. The number of hydrogen-bond acceptors (Lipinski definition) is 6. The molecule has 0 spiro atoms. The summed E-state index contributed by atoms with van der Waals surface area (Å²) in [7, 11) is 0. The van der Waals surface area contributed by atoms with Gasteiger partial charge in [0, 0.05) is 0 Å². The van der Waals surface area contributed by atoms with Gasteiger partial charge in [0.1, 0.15) is 11.2 Å². The first-order valence-electron chi connectivity index (χ1n) is 3.28. The molecular formula is C5H5N5O2S2. The van der Waals surface area contributed by atoms with Crippen molar-refractivity contribution in [2.45, 2.75) is 0 Å². The van der Waals surface area contributed by atoms with E-state index in [0.717, 1.165) is 17.5 Å². The zero-order valence-electron chi connectivity index (χ0n) is 6.71. The lowest BCUT2D eigenvalue weighted by atomic mass is 10.8. The van der Waals surface area contributed by atoms with E-state index in [1.807, 2.05) is 0 Å². The second-order valence-electron chi connectivity index (χ2n) is 2.03. The Balaban J connectivity index is 2.64. The molecule has 0 saturated carbocycles. The van der Waals surface area contributed by atoms with Crippen LogP contribution in [0.1, 0.15) is 5.01 Å². The summed E-state index contributed by atoms with van der Waals surface area (Å²) in [6, 6.07) is 0. The minimum absolute atomic E-state index is 0.0207. The van der Waals surface area contributed by atoms with Gasteiger partial charge in [-0.15, -0.1) is 0 Å². The smallest absolute Gasteiger partial charge is 0.344 e. The Bertz CT molecular complexity index is 387. The van der Waals surface area contributed by atoms with Crippen molar-refractivity contribution in [1.82, 2.24) is 10.4 Å². The number of nitrogens with zero attached hydrogens (tertiary/aromatic N) is 3. The lowest BCUT2D eigenvalue weighted by molar-refractivity contribution is -0.380. The molecule has 0 bridgehead atoms. The van der Waals surface area contributed by atoms with Gasteiger partial charge in [0.05, 0.1) is 11.1 Å². The molecule has 7 nitrogen and oxygen atoms in total. The minimum atomic E-state index is -0.518. The zero-order chi connectivity index (χ0) is 10.6. The largest absolute Gasteiger partial charge is 0.375 e. The van der Waals surface area contributed by atoms with Gasteiger partial charge in [-0.3, -0.25) is 15.5 Å². The van der Waals surface area contributed by atoms with Crippen LogP contribution in [-0.4, -0.2) is 21.2 Å². The quantitative estimate of drug-likeness (QED) is 0.333. The fraction of sp³-hybridized carbons (Fsp3) is 0. The molecule has 3 N–H and O–H groups in total. The lowest BCUT2D eigenvalue weighted by Crippen LogP contribution is -2.23. The Labute approximate surface area is 87.8 Å². The van der Waals surface area contributed by atoms with Gasteiger partial charge in [-0.2, -0.15) is 5.10 Å². The predicted molar refractivity (Wildman–Crippen MR) is 56.3 cm³/mol. The lowest BCUT2D eigenvalue weighted by Gasteiger charge is -1.90. The highest BCUT2D eigenvalue weighted by atomic mass is 32.1. The molecule has 1 rings (SSSR count). The fourth-order valence-electron chi connectivity index (χ4n) is 0.574. The van der Waals surface area contributed by atoms with E-state index < -0.39 is 4.92 Å². The molecular weight excluding hydrogens is 226 g/mol. The molecule has 0 unspecified atom stereocenters. The molecule has 0 aromatic carbocycles. The number of rotatable bonds is 3. The van der Waals surface area contributed by atoms with Crippen molar-refractivity contribution in [2.75, 3.05) is 0 Å². The molecule has 14 heavy (non-hydrogen) atoms. The van der Waals surface area contributed by atoms with Crippen LogP contribution < -0.4 is 11.2 Å². The summed E-state index contributed by atoms with van der Waals surface area (Å²) >= 11 is 5.39. The number of aromatic nitrogens is 1. The standard InChI is InChI=1S/C5H5N5O2S2/c6-5(13)9-8-1-3-7-2-4(14-3)10(11)12/h1-2H,(H3,6,9,13). The number of hydrazone groups is 1. The topological polar surface area (TPSA) is 106 Å². The molecule has 74 valence electrons. The molecule has 1 aromatic heterocycles. The first-order chi connectivity index (χ1) is 6.59. The summed E-state index contributed by atoms with van der Waals surface area (Å²) in [6.45, 7) is 0. The van der Waals surface area contributed by atoms with Gasteiger partial charge in [0.25, 0.3) is 0 Å². The maximum absolute atomic E-state index is 10.3. The summed E-state index contributed by atoms with van der Waals surface area (Å²) in [5, 5.41) is 14.3. The van der Waals surface area contributed by atoms with Gasteiger partial charge in [-0.25, -0.2) is 4.98 Å². The molecule has 0 atom stereocenters. The molecule has 0 fully saturated rings. The van der Waals surface area contributed by atoms with Crippen molar-refractivity contribution >= 4 is 39.9 Å². The summed E-state index contributed by atoms with van der Waals surface area (Å²) in [4.78, 5) is 13.5. The number of hydrogen-bond donors (Lipinski definition) is 2. The highest BCUT2D eigenvalue weighted by molar-refractivity contribution is 7.80. The first-order valence-corrected chi connectivity index (χ1v) is 4.51. The third kappa shape index (κ3) is 3.03. The van der Waals surface area contributed by atoms with Gasteiger partial charge in [0.2, 0.25) is 0 Å². The maximum Gasteiger partial charge on any atom is 0.344 e. The van der Waals surface area contributed by atoms with Crippen molar-refractivity contribution in [2.24, 2.45) is 10.8 Å². The minimum Gasteiger partial charge on any atom is -0.375 e. The highest BCUT2D eigenvalue weighted by Crippen LogP contribution is 2.19. The zero-order valence-corrected chi connectivity index (χ0v) is 8.34. The van der Waals surface area contributed by atoms with Crippen LogP contribution in [0.25, 0.3) is 0 Å². The van der Waals surface area contributed by atoms with Gasteiger partial charge in [0.15, 0.2) is 5.11 Å². The molecule has 0 amide bonds. The number of nitrogens with two attached hydrogens (primary N) is 1.